The Hall–Kier alpha value is -1.35. The van der Waals surface area contributed by atoms with Crippen LogP contribution in [0.4, 0.5) is 0 Å². The second kappa shape index (κ2) is 5.51. The smallest absolute Gasteiger partial charge is 0.169 e. The lowest BCUT2D eigenvalue weighted by atomic mass is 10.2. The Morgan fingerprint density at radius 1 is 1.53 bits per heavy atom. The zero-order chi connectivity index (χ0) is 11.3. The quantitative estimate of drug-likeness (QED) is 0.725. The summed E-state index contributed by atoms with van der Waals surface area (Å²) in [5.74, 6) is 0.426. The Morgan fingerprint density at radius 3 is 2.80 bits per heavy atom. The van der Waals surface area contributed by atoms with Gasteiger partial charge >= 0.3 is 0 Å². The molecule has 0 radical (unpaired) electrons. The molecule has 0 atom stereocenters. The van der Waals surface area contributed by atoms with Crippen LogP contribution in [0, 0.1) is 0 Å². The van der Waals surface area contributed by atoms with Crippen molar-refractivity contribution in [3.05, 3.63) is 28.8 Å². The van der Waals surface area contributed by atoms with Crippen LogP contribution in [0.3, 0.4) is 0 Å². The average Bonchev–Trinajstić information content (AvgIpc) is 2.26. The minimum absolute atomic E-state index is 0.00512. The van der Waals surface area contributed by atoms with Gasteiger partial charge in [0, 0.05) is 12.0 Å². The standard InChI is InChI=1S/C11H11ClO3/c1-2-9(14)7-15-11-4-3-8(6-13)5-10(11)12/h3-6H,2,7H2,1H3. The molecule has 0 amide bonds. The van der Waals surface area contributed by atoms with E-state index in [-0.39, 0.29) is 12.4 Å². The van der Waals surface area contributed by atoms with Gasteiger partial charge < -0.3 is 4.74 Å². The number of rotatable bonds is 5. The summed E-state index contributed by atoms with van der Waals surface area (Å²) in [5.41, 5.74) is 0.481. The highest BCUT2D eigenvalue weighted by molar-refractivity contribution is 6.32. The number of aldehydes is 1. The molecule has 0 fully saturated rings. The third kappa shape index (κ3) is 3.36. The first kappa shape index (κ1) is 11.7. The van der Waals surface area contributed by atoms with Crippen LogP contribution in [0.25, 0.3) is 0 Å². The molecular weight excluding hydrogens is 216 g/mol. The molecule has 0 saturated heterocycles. The normalized spacial score (nSPS) is 9.73. The highest BCUT2D eigenvalue weighted by Gasteiger charge is 2.05. The van der Waals surface area contributed by atoms with Crippen LogP contribution < -0.4 is 4.74 Å². The second-order valence-corrected chi connectivity index (χ2v) is 3.40. The average molecular weight is 227 g/mol. The Balaban J connectivity index is 2.70. The Kier molecular flexibility index (Phi) is 4.31. The van der Waals surface area contributed by atoms with E-state index >= 15 is 0 Å². The number of carbonyl (C=O) groups is 2. The van der Waals surface area contributed by atoms with Crippen LogP contribution in [0.2, 0.25) is 5.02 Å². The number of ether oxygens (including phenoxy) is 1. The molecule has 0 heterocycles. The van der Waals surface area contributed by atoms with Crippen LogP contribution in [0.1, 0.15) is 23.7 Å². The summed E-state index contributed by atoms with van der Waals surface area (Å²) in [6.45, 7) is 1.78. The van der Waals surface area contributed by atoms with E-state index in [1.165, 1.54) is 6.07 Å². The van der Waals surface area contributed by atoms with Crippen molar-refractivity contribution in [2.75, 3.05) is 6.61 Å². The minimum Gasteiger partial charge on any atom is -0.484 e. The van der Waals surface area contributed by atoms with E-state index in [2.05, 4.69) is 0 Å². The van der Waals surface area contributed by atoms with E-state index in [9.17, 15) is 9.59 Å². The fourth-order valence-corrected chi connectivity index (χ4v) is 1.21. The van der Waals surface area contributed by atoms with Crippen LogP contribution in [-0.4, -0.2) is 18.7 Å². The Labute approximate surface area is 93.0 Å². The van der Waals surface area contributed by atoms with Gasteiger partial charge in [-0.1, -0.05) is 18.5 Å². The fraction of sp³-hybridized carbons (Fsp3) is 0.273. The van der Waals surface area contributed by atoms with Gasteiger partial charge in [-0.3, -0.25) is 9.59 Å². The Morgan fingerprint density at radius 2 is 2.27 bits per heavy atom. The topological polar surface area (TPSA) is 43.4 Å². The molecule has 0 aliphatic heterocycles. The Bertz CT molecular complexity index is 374. The molecule has 80 valence electrons. The van der Waals surface area contributed by atoms with Gasteiger partial charge in [-0.25, -0.2) is 0 Å². The molecule has 0 saturated carbocycles. The maximum Gasteiger partial charge on any atom is 0.169 e. The van der Waals surface area contributed by atoms with Crippen LogP contribution in [0.5, 0.6) is 5.75 Å². The molecule has 4 heteroatoms. The summed E-state index contributed by atoms with van der Waals surface area (Å²) in [4.78, 5) is 21.4. The molecule has 0 spiro atoms. The van der Waals surface area contributed by atoms with E-state index in [1.54, 1.807) is 19.1 Å². The highest BCUT2D eigenvalue weighted by atomic mass is 35.5. The fourth-order valence-electron chi connectivity index (χ4n) is 0.968. The monoisotopic (exact) mass is 226 g/mol. The zero-order valence-electron chi connectivity index (χ0n) is 8.33. The molecular formula is C11H11ClO3. The lowest BCUT2D eigenvalue weighted by molar-refractivity contribution is -0.120. The predicted molar refractivity (Wildman–Crippen MR) is 57.6 cm³/mol. The first-order valence-corrected chi connectivity index (χ1v) is 4.94. The van der Waals surface area contributed by atoms with E-state index in [0.717, 1.165) is 0 Å². The van der Waals surface area contributed by atoms with Gasteiger partial charge in [0.2, 0.25) is 0 Å². The SMILES string of the molecule is CCC(=O)COc1ccc(C=O)cc1Cl. The third-order valence-corrected chi connectivity index (χ3v) is 2.17. The van der Waals surface area contributed by atoms with E-state index in [1.807, 2.05) is 0 Å². The summed E-state index contributed by atoms with van der Waals surface area (Å²) in [6.07, 6.45) is 1.14. The lowest BCUT2D eigenvalue weighted by Gasteiger charge is -2.06. The van der Waals surface area contributed by atoms with Crippen molar-refractivity contribution >= 4 is 23.7 Å². The van der Waals surface area contributed by atoms with Crippen molar-refractivity contribution in [2.45, 2.75) is 13.3 Å². The number of hydrogen-bond donors (Lipinski definition) is 0. The molecule has 0 aromatic heterocycles. The first-order chi connectivity index (χ1) is 7.17. The highest BCUT2D eigenvalue weighted by Crippen LogP contribution is 2.24. The molecule has 1 aromatic rings. The van der Waals surface area contributed by atoms with Crippen molar-refractivity contribution in [2.24, 2.45) is 0 Å². The summed E-state index contributed by atoms with van der Waals surface area (Å²) in [7, 11) is 0. The largest absolute Gasteiger partial charge is 0.484 e. The number of carbonyl (C=O) groups excluding carboxylic acids is 2. The third-order valence-electron chi connectivity index (χ3n) is 1.88. The van der Waals surface area contributed by atoms with Crippen molar-refractivity contribution in [1.29, 1.82) is 0 Å². The van der Waals surface area contributed by atoms with Crippen molar-refractivity contribution < 1.29 is 14.3 Å². The van der Waals surface area contributed by atoms with E-state index in [0.29, 0.717) is 29.0 Å². The molecule has 0 aliphatic carbocycles. The van der Waals surface area contributed by atoms with Crippen molar-refractivity contribution in [1.82, 2.24) is 0 Å². The van der Waals surface area contributed by atoms with Gasteiger partial charge in [0.1, 0.15) is 18.6 Å². The summed E-state index contributed by atoms with van der Waals surface area (Å²) in [5, 5.41) is 0.337. The van der Waals surface area contributed by atoms with Crippen LogP contribution in [0.15, 0.2) is 18.2 Å². The van der Waals surface area contributed by atoms with Crippen LogP contribution in [-0.2, 0) is 4.79 Å². The first-order valence-electron chi connectivity index (χ1n) is 4.56. The van der Waals surface area contributed by atoms with Gasteiger partial charge in [0.15, 0.2) is 5.78 Å². The number of benzene rings is 1. The predicted octanol–water partition coefficient (Wildman–Crippen LogP) is 2.51. The van der Waals surface area contributed by atoms with Gasteiger partial charge in [0.05, 0.1) is 5.02 Å². The van der Waals surface area contributed by atoms with E-state index < -0.39 is 0 Å². The molecule has 0 aliphatic rings. The minimum atomic E-state index is 0.00512. The summed E-state index contributed by atoms with van der Waals surface area (Å²) >= 11 is 5.84. The van der Waals surface area contributed by atoms with Crippen molar-refractivity contribution in [3.8, 4) is 5.75 Å². The molecule has 15 heavy (non-hydrogen) atoms. The molecule has 1 aromatic carbocycles. The van der Waals surface area contributed by atoms with Crippen LogP contribution >= 0.6 is 11.6 Å². The molecule has 0 bridgehead atoms. The van der Waals surface area contributed by atoms with Gasteiger partial charge in [-0.05, 0) is 18.2 Å². The maximum atomic E-state index is 11.0. The summed E-state index contributed by atoms with van der Waals surface area (Å²) in [6, 6.07) is 4.67. The molecule has 0 unspecified atom stereocenters. The molecule has 0 N–H and O–H groups in total. The zero-order valence-corrected chi connectivity index (χ0v) is 9.08. The van der Waals surface area contributed by atoms with E-state index in [4.69, 9.17) is 16.3 Å². The molecule has 3 nitrogen and oxygen atoms in total. The number of ketones is 1. The van der Waals surface area contributed by atoms with Gasteiger partial charge in [-0.15, -0.1) is 0 Å². The number of Topliss-reactive ketones (excluding diaryl/α,β-unsaturated/α-hetero) is 1. The maximum absolute atomic E-state index is 11.0. The number of halogens is 1. The molecule has 1 rings (SSSR count). The van der Waals surface area contributed by atoms with Gasteiger partial charge in [0.25, 0.3) is 0 Å². The number of hydrogen-bond acceptors (Lipinski definition) is 3. The van der Waals surface area contributed by atoms with Gasteiger partial charge in [-0.2, -0.15) is 0 Å². The summed E-state index contributed by atoms with van der Waals surface area (Å²) < 4.78 is 5.19. The lowest BCUT2D eigenvalue weighted by Crippen LogP contribution is -2.09. The van der Waals surface area contributed by atoms with Crippen molar-refractivity contribution in [3.63, 3.8) is 0 Å². The second-order valence-electron chi connectivity index (χ2n) is 2.99.